The summed E-state index contributed by atoms with van der Waals surface area (Å²) < 4.78 is 11.4. The van der Waals surface area contributed by atoms with Crippen molar-refractivity contribution in [1.82, 2.24) is 15.2 Å². The Morgan fingerprint density at radius 3 is 2.51 bits per heavy atom. The number of amides is 1. The van der Waals surface area contributed by atoms with Crippen LogP contribution in [0.15, 0.2) is 47.3 Å². The average Bonchev–Trinajstić information content (AvgIpc) is 2.87. The third kappa shape index (κ3) is 6.87. The minimum Gasteiger partial charge on any atom is -0.494 e. The largest absolute Gasteiger partial charge is 0.494 e. The van der Waals surface area contributed by atoms with E-state index in [-0.39, 0.29) is 18.0 Å². The van der Waals surface area contributed by atoms with E-state index in [9.17, 15) is 9.59 Å². The minimum atomic E-state index is -0.198. The van der Waals surface area contributed by atoms with Crippen molar-refractivity contribution in [2.75, 3.05) is 39.5 Å². The maximum Gasteiger partial charge on any atom is 0.253 e. The Morgan fingerprint density at radius 2 is 1.78 bits per heavy atom. The predicted octanol–water partition coefficient (Wildman–Crippen LogP) is 4.31. The summed E-state index contributed by atoms with van der Waals surface area (Å²) in [5.74, 6) is 0.656. The van der Waals surface area contributed by atoms with Gasteiger partial charge in [-0.05, 0) is 86.2 Å². The van der Waals surface area contributed by atoms with Gasteiger partial charge in [-0.2, -0.15) is 0 Å². The number of aromatic amines is 1. The van der Waals surface area contributed by atoms with E-state index in [0.29, 0.717) is 17.7 Å². The topological polar surface area (TPSA) is 83.7 Å². The summed E-state index contributed by atoms with van der Waals surface area (Å²) in [6.07, 6.45) is 0.977. The molecule has 2 heterocycles. The van der Waals surface area contributed by atoms with Gasteiger partial charge in [-0.25, -0.2) is 0 Å². The Hall–Kier alpha value is -3.42. The maximum absolute atomic E-state index is 13.1. The second-order valence-corrected chi connectivity index (χ2v) is 9.79. The molecule has 1 aliphatic heterocycles. The average molecular weight is 504 g/mol. The number of hydrogen-bond acceptors (Lipinski definition) is 5. The van der Waals surface area contributed by atoms with Gasteiger partial charge in [0.1, 0.15) is 5.75 Å². The van der Waals surface area contributed by atoms with E-state index < -0.39 is 0 Å². The molecule has 1 saturated heterocycles. The number of benzene rings is 2. The third-order valence-corrected chi connectivity index (χ3v) is 6.90. The number of ether oxygens (including phenoxy) is 2. The van der Waals surface area contributed by atoms with Gasteiger partial charge in [-0.3, -0.25) is 14.5 Å². The Bertz CT molecular complexity index is 1310. The Balaban J connectivity index is 1.40. The monoisotopic (exact) mass is 503 g/mol. The van der Waals surface area contributed by atoms with Crippen LogP contribution in [0.4, 0.5) is 0 Å². The summed E-state index contributed by atoms with van der Waals surface area (Å²) >= 11 is 0. The Kier molecular flexibility index (Phi) is 8.79. The van der Waals surface area contributed by atoms with Gasteiger partial charge in [0.05, 0.1) is 19.8 Å². The lowest BCUT2D eigenvalue weighted by Gasteiger charge is -2.26. The summed E-state index contributed by atoms with van der Waals surface area (Å²) in [7, 11) is 0. The number of carbonyl (C=O) groups excluding carboxylic acids is 1. The number of H-pyrrole nitrogens is 1. The normalized spacial score (nSPS) is 13.9. The second kappa shape index (κ2) is 12.2. The van der Waals surface area contributed by atoms with E-state index in [4.69, 9.17) is 9.47 Å². The van der Waals surface area contributed by atoms with E-state index in [1.807, 2.05) is 57.2 Å². The molecular weight excluding hydrogens is 466 g/mol. The SMILES string of the molecule is Cc1cc(C)c(CNC(=O)c2cc(-c3ccc(OCCCN4CCOCC4)cc3C)ccc2C)c(=O)[nH]1. The predicted molar refractivity (Wildman–Crippen MR) is 146 cm³/mol. The lowest BCUT2D eigenvalue weighted by Crippen LogP contribution is -2.37. The summed E-state index contributed by atoms with van der Waals surface area (Å²) in [6.45, 7) is 13.2. The van der Waals surface area contributed by atoms with E-state index in [2.05, 4.69) is 28.2 Å². The highest BCUT2D eigenvalue weighted by Gasteiger charge is 2.14. The molecule has 3 aromatic rings. The lowest BCUT2D eigenvalue weighted by molar-refractivity contribution is 0.0358. The number of hydrogen-bond donors (Lipinski definition) is 2. The number of aromatic nitrogens is 1. The van der Waals surface area contributed by atoms with Crippen molar-refractivity contribution in [3.05, 3.63) is 86.3 Å². The smallest absolute Gasteiger partial charge is 0.253 e. The molecule has 1 amide bonds. The molecule has 2 N–H and O–H groups in total. The molecule has 0 atom stereocenters. The summed E-state index contributed by atoms with van der Waals surface area (Å²) in [5.41, 5.74) is 6.67. The fraction of sp³-hybridized carbons (Fsp3) is 0.400. The molecule has 1 fully saturated rings. The van der Waals surface area contributed by atoms with Crippen molar-refractivity contribution in [1.29, 1.82) is 0 Å². The summed E-state index contributed by atoms with van der Waals surface area (Å²) in [6, 6.07) is 13.9. The molecule has 0 aliphatic carbocycles. The molecule has 196 valence electrons. The standard InChI is InChI=1S/C30H37N3O4/c1-20-6-7-24(18-27(20)29(34)31-19-28-21(2)16-23(4)32-30(28)35)26-9-8-25(17-22(26)3)37-13-5-10-33-11-14-36-15-12-33/h6-9,16-18H,5,10-15,19H2,1-4H3,(H,31,34)(H,32,35). The molecule has 0 bridgehead atoms. The van der Waals surface area contributed by atoms with Crippen LogP contribution in [0, 0.1) is 27.7 Å². The van der Waals surface area contributed by atoms with Crippen LogP contribution in [0.25, 0.3) is 11.1 Å². The number of morpholine rings is 1. The van der Waals surface area contributed by atoms with Crippen LogP contribution in [0.1, 0.15) is 44.7 Å². The van der Waals surface area contributed by atoms with Gasteiger partial charge in [0.15, 0.2) is 0 Å². The van der Waals surface area contributed by atoms with Crippen LogP contribution >= 0.6 is 0 Å². The highest BCUT2D eigenvalue weighted by molar-refractivity contribution is 5.97. The van der Waals surface area contributed by atoms with Gasteiger partial charge in [-0.15, -0.1) is 0 Å². The van der Waals surface area contributed by atoms with Crippen molar-refractivity contribution in [3.63, 3.8) is 0 Å². The van der Waals surface area contributed by atoms with Crippen molar-refractivity contribution >= 4 is 5.91 Å². The molecule has 0 saturated carbocycles. The van der Waals surface area contributed by atoms with Crippen LogP contribution in [0.2, 0.25) is 0 Å². The first-order chi connectivity index (χ1) is 17.8. The van der Waals surface area contributed by atoms with Crippen molar-refractivity contribution in [2.45, 2.75) is 40.7 Å². The first-order valence-electron chi connectivity index (χ1n) is 12.9. The van der Waals surface area contributed by atoms with Crippen LogP contribution in [-0.4, -0.2) is 55.2 Å². The Labute approximate surface area is 218 Å². The molecule has 37 heavy (non-hydrogen) atoms. The van der Waals surface area contributed by atoms with Crippen LogP contribution < -0.4 is 15.6 Å². The zero-order valence-corrected chi connectivity index (χ0v) is 22.3. The minimum absolute atomic E-state index is 0.165. The molecule has 7 heteroatoms. The van der Waals surface area contributed by atoms with Crippen LogP contribution in [-0.2, 0) is 11.3 Å². The number of nitrogens with zero attached hydrogens (tertiary/aromatic N) is 1. The van der Waals surface area contributed by atoms with Gasteiger partial charge >= 0.3 is 0 Å². The lowest BCUT2D eigenvalue weighted by atomic mass is 9.96. The third-order valence-electron chi connectivity index (χ3n) is 6.90. The molecule has 1 aliphatic rings. The highest BCUT2D eigenvalue weighted by atomic mass is 16.5. The van der Waals surface area contributed by atoms with Gasteiger partial charge in [-0.1, -0.05) is 18.2 Å². The molecule has 2 aromatic carbocycles. The number of carbonyl (C=O) groups is 1. The van der Waals surface area contributed by atoms with Gasteiger partial charge < -0.3 is 19.8 Å². The first-order valence-corrected chi connectivity index (χ1v) is 12.9. The molecule has 0 spiro atoms. The zero-order chi connectivity index (χ0) is 26.4. The van der Waals surface area contributed by atoms with Gasteiger partial charge in [0.2, 0.25) is 0 Å². The fourth-order valence-electron chi connectivity index (χ4n) is 4.75. The Morgan fingerprint density at radius 1 is 1.00 bits per heavy atom. The molecule has 1 aromatic heterocycles. The van der Waals surface area contributed by atoms with Crippen molar-refractivity contribution in [3.8, 4) is 16.9 Å². The quantitative estimate of drug-likeness (QED) is 0.425. The molecule has 0 radical (unpaired) electrons. The van der Waals surface area contributed by atoms with Gasteiger partial charge in [0, 0.05) is 43.0 Å². The highest BCUT2D eigenvalue weighted by Crippen LogP contribution is 2.29. The zero-order valence-electron chi connectivity index (χ0n) is 22.3. The molecular formula is C30H37N3O4. The van der Waals surface area contributed by atoms with Crippen molar-refractivity contribution < 1.29 is 14.3 Å². The molecule has 0 unspecified atom stereocenters. The van der Waals surface area contributed by atoms with E-state index in [1.165, 1.54) is 0 Å². The molecule has 7 nitrogen and oxygen atoms in total. The number of pyridine rings is 1. The number of aryl methyl sites for hydroxylation is 4. The summed E-state index contributed by atoms with van der Waals surface area (Å²) in [5, 5.41) is 2.92. The van der Waals surface area contributed by atoms with E-state index in [0.717, 1.165) is 78.5 Å². The number of nitrogens with one attached hydrogen (secondary N) is 2. The van der Waals surface area contributed by atoms with E-state index in [1.54, 1.807) is 0 Å². The summed E-state index contributed by atoms with van der Waals surface area (Å²) in [4.78, 5) is 30.6. The fourth-order valence-corrected chi connectivity index (χ4v) is 4.75. The van der Waals surface area contributed by atoms with Crippen LogP contribution in [0.3, 0.4) is 0 Å². The van der Waals surface area contributed by atoms with Crippen molar-refractivity contribution in [2.24, 2.45) is 0 Å². The number of rotatable bonds is 9. The molecule has 4 rings (SSSR count). The van der Waals surface area contributed by atoms with Crippen LogP contribution in [0.5, 0.6) is 5.75 Å². The van der Waals surface area contributed by atoms with Gasteiger partial charge in [0.25, 0.3) is 11.5 Å². The second-order valence-electron chi connectivity index (χ2n) is 9.79. The van der Waals surface area contributed by atoms with E-state index >= 15 is 0 Å². The first kappa shape index (κ1) is 26.6. The maximum atomic E-state index is 13.1.